The lowest BCUT2D eigenvalue weighted by atomic mass is 10.2. The molecule has 3 aromatic rings. The van der Waals surface area contributed by atoms with Crippen LogP contribution in [0.15, 0.2) is 47.5 Å². The van der Waals surface area contributed by atoms with Gasteiger partial charge in [0.05, 0.1) is 11.7 Å². The van der Waals surface area contributed by atoms with E-state index in [1.54, 1.807) is 30.6 Å². The molecule has 0 aliphatic carbocycles. The molecule has 3 rings (SSSR count). The molecule has 4 heteroatoms. The summed E-state index contributed by atoms with van der Waals surface area (Å²) in [6, 6.07) is 8.91. The van der Waals surface area contributed by atoms with Crippen molar-refractivity contribution in [2.75, 3.05) is 0 Å². The first-order valence-corrected chi connectivity index (χ1v) is 4.86. The zero-order valence-corrected chi connectivity index (χ0v) is 8.29. The molecule has 1 aromatic carbocycles. The van der Waals surface area contributed by atoms with Crippen molar-refractivity contribution in [2.24, 2.45) is 0 Å². The van der Waals surface area contributed by atoms with Crippen LogP contribution >= 0.6 is 0 Å². The summed E-state index contributed by atoms with van der Waals surface area (Å²) in [7, 11) is 0. The molecule has 2 heterocycles. The molecule has 0 aliphatic heterocycles. The van der Waals surface area contributed by atoms with Crippen molar-refractivity contribution >= 4 is 21.8 Å². The van der Waals surface area contributed by atoms with Crippen LogP contribution in [0.1, 0.15) is 0 Å². The van der Waals surface area contributed by atoms with Crippen molar-refractivity contribution in [3.8, 4) is 0 Å². The summed E-state index contributed by atoms with van der Waals surface area (Å²) in [6.07, 6.45) is 3.23. The summed E-state index contributed by atoms with van der Waals surface area (Å²) in [4.78, 5) is 16.3. The molecule has 0 bridgehead atoms. The van der Waals surface area contributed by atoms with Crippen LogP contribution in [0.2, 0.25) is 0 Å². The minimum atomic E-state index is -0.129. The Balaban J connectivity index is 2.69. The number of hydrogen-bond acceptors (Lipinski definition) is 4. The van der Waals surface area contributed by atoms with E-state index in [9.17, 15) is 4.79 Å². The molecule has 0 fully saturated rings. The summed E-state index contributed by atoms with van der Waals surface area (Å²) in [5.74, 6) is 0. The molecule has 0 unspecified atom stereocenters. The van der Waals surface area contributed by atoms with Crippen LogP contribution in [0.25, 0.3) is 21.8 Å². The van der Waals surface area contributed by atoms with E-state index in [1.165, 1.54) is 0 Å². The first-order chi connectivity index (χ1) is 7.86. The Kier molecular flexibility index (Phi) is 1.86. The summed E-state index contributed by atoms with van der Waals surface area (Å²) >= 11 is 0. The van der Waals surface area contributed by atoms with Gasteiger partial charge in [0.2, 0.25) is 5.43 Å². The predicted molar refractivity (Wildman–Crippen MR) is 61.1 cm³/mol. The van der Waals surface area contributed by atoms with E-state index in [0.29, 0.717) is 16.4 Å². The molecule has 0 saturated heterocycles. The maximum absolute atomic E-state index is 12.1. The molecule has 2 aromatic heterocycles. The average Bonchev–Trinajstić information content (AvgIpc) is 2.49. The van der Waals surface area contributed by atoms with Gasteiger partial charge in [-0.3, -0.25) is 9.78 Å². The van der Waals surface area contributed by atoms with Crippen molar-refractivity contribution < 1.29 is 0 Å². The van der Waals surface area contributed by atoms with Crippen LogP contribution in [0.5, 0.6) is 0 Å². The van der Waals surface area contributed by atoms with Gasteiger partial charge in [0.1, 0.15) is 5.52 Å². The van der Waals surface area contributed by atoms with Crippen LogP contribution in [-0.2, 0) is 0 Å². The van der Waals surface area contributed by atoms with E-state index in [0.717, 1.165) is 5.39 Å². The zero-order valence-electron chi connectivity index (χ0n) is 8.29. The summed E-state index contributed by atoms with van der Waals surface area (Å²) in [6.45, 7) is 0. The van der Waals surface area contributed by atoms with Gasteiger partial charge in [-0.05, 0) is 24.3 Å². The van der Waals surface area contributed by atoms with Crippen molar-refractivity contribution in [2.45, 2.75) is 0 Å². The number of fused-ring (bicyclic) bond motifs is 2. The molecular formula is C12H7N3O. The van der Waals surface area contributed by atoms with Gasteiger partial charge in [-0.15, -0.1) is 5.10 Å². The van der Waals surface area contributed by atoms with Gasteiger partial charge in [0.15, 0.2) is 0 Å². The highest BCUT2D eigenvalue weighted by Gasteiger charge is 2.02. The van der Waals surface area contributed by atoms with Crippen molar-refractivity contribution in [1.29, 1.82) is 0 Å². The number of hydrogen-bond donors (Lipinski definition) is 0. The van der Waals surface area contributed by atoms with Gasteiger partial charge in [0, 0.05) is 17.0 Å². The Bertz CT molecular complexity index is 678. The molecule has 4 nitrogen and oxygen atoms in total. The van der Waals surface area contributed by atoms with E-state index in [4.69, 9.17) is 0 Å². The normalized spacial score (nSPS) is 10.8. The number of aromatic nitrogens is 3. The highest BCUT2D eigenvalue weighted by atomic mass is 16.1. The van der Waals surface area contributed by atoms with Gasteiger partial charge in [-0.25, -0.2) is 0 Å². The average molecular weight is 209 g/mol. The van der Waals surface area contributed by atoms with Crippen LogP contribution in [0, 0.1) is 0 Å². The predicted octanol–water partition coefficient (Wildman–Crippen LogP) is 1.54. The van der Waals surface area contributed by atoms with E-state index in [2.05, 4.69) is 15.2 Å². The van der Waals surface area contributed by atoms with Crippen LogP contribution < -0.4 is 5.43 Å². The molecule has 0 amide bonds. The highest BCUT2D eigenvalue weighted by Crippen LogP contribution is 2.10. The number of pyridine rings is 1. The molecule has 0 radical (unpaired) electrons. The maximum atomic E-state index is 12.1. The molecule has 0 atom stereocenters. The third kappa shape index (κ3) is 1.24. The van der Waals surface area contributed by atoms with Crippen molar-refractivity contribution in [1.82, 2.24) is 15.2 Å². The minimum absolute atomic E-state index is 0.129. The smallest absolute Gasteiger partial charge is 0.216 e. The summed E-state index contributed by atoms with van der Waals surface area (Å²) in [5, 5.41) is 8.96. The Morgan fingerprint density at radius 1 is 1.00 bits per heavy atom. The maximum Gasteiger partial charge on any atom is 0.216 e. The largest absolute Gasteiger partial charge is 0.287 e. The van der Waals surface area contributed by atoms with Crippen molar-refractivity contribution in [3.63, 3.8) is 0 Å². The minimum Gasteiger partial charge on any atom is -0.287 e. The Labute approximate surface area is 90.6 Å². The standard InChI is InChI=1S/C12H7N3O/c16-12-9-2-1-6-13-10(9)4-3-8-5-7-14-15-11(8)12/h1-7H. The Morgan fingerprint density at radius 2 is 1.94 bits per heavy atom. The molecule has 76 valence electrons. The van der Waals surface area contributed by atoms with Gasteiger partial charge >= 0.3 is 0 Å². The van der Waals surface area contributed by atoms with E-state index < -0.39 is 0 Å². The number of nitrogens with zero attached hydrogens (tertiary/aromatic N) is 3. The summed E-state index contributed by atoms with van der Waals surface area (Å²) < 4.78 is 0. The quantitative estimate of drug-likeness (QED) is 0.563. The lowest BCUT2D eigenvalue weighted by Gasteiger charge is -1.88. The van der Waals surface area contributed by atoms with Gasteiger partial charge in [0.25, 0.3) is 0 Å². The van der Waals surface area contributed by atoms with Gasteiger partial charge < -0.3 is 0 Å². The fourth-order valence-corrected chi connectivity index (χ4v) is 1.69. The monoisotopic (exact) mass is 209 g/mol. The Hall–Kier alpha value is -2.36. The fraction of sp³-hybridized carbons (Fsp3) is 0. The van der Waals surface area contributed by atoms with Crippen molar-refractivity contribution in [3.05, 3.63) is 52.9 Å². The van der Waals surface area contributed by atoms with E-state index in [-0.39, 0.29) is 5.43 Å². The fourth-order valence-electron chi connectivity index (χ4n) is 1.69. The van der Waals surface area contributed by atoms with Crippen LogP contribution in [-0.4, -0.2) is 15.2 Å². The molecular weight excluding hydrogens is 202 g/mol. The summed E-state index contributed by atoms with van der Waals surface area (Å²) in [5.41, 5.74) is 0.923. The van der Waals surface area contributed by atoms with Gasteiger partial charge in [-0.1, -0.05) is 6.07 Å². The van der Waals surface area contributed by atoms with Crippen LogP contribution in [0.4, 0.5) is 0 Å². The first kappa shape index (κ1) is 8.91. The molecule has 0 spiro atoms. The first-order valence-electron chi connectivity index (χ1n) is 4.86. The second-order valence-electron chi connectivity index (χ2n) is 3.43. The second-order valence-corrected chi connectivity index (χ2v) is 3.43. The van der Waals surface area contributed by atoms with Gasteiger partial charge in [-0.2, -0.15) is 5.10 Å². The SMILES string of the molecule is O=c1c2cccnc2ccc2ccnnc12. The second kappa shape index (κ2) is 3.34. The Morgan fingerprint density at radius 3 is 2.88 bits per heavy atom. The van der Waals surface area contributed by atoms with Crippen LogP contribution in [0.3, 0.4) is 0 Å². The highest BCUT2D eigenvalue weighted by molar-refractivity contribution is 5.88. The van der Waals surface area contributed by atoms with E-state index in [1.807, 2.05) is 12.1 Å². The molecule has 0 aliphatic rings. The third-order valence-corrected chi connectivity index (χ3v) is 2.47. The topological polar surface area (TPSA) is 55.7 Å². The van der Waals surface area contributed by atoms with E-state index >= 15 is 0 Å². The molecule has 16 heavy (non-hydrogen) atoms. The molecule has 0 N–H and O–H groups in total. The third-order valence-electron chi connectivity index (χ3n) is 2.47. The zero-order chi connectivity index (χ0) is 11.0. The lowest BCUT2D eigenvalue weighted by molar-refractivity contribution is 1.07. The molecule has 0 saturated carbocycles. The lowest BCUT2D eigenvalue weighted by Crippen LogP contribution is -2.01. The number of rotatable bonds is 0.